The molecule has 1 amide bonds. The number of allylic oxidation sites excluding steroid dienone is 1. The summed E-state index contributed by atoms with van der Waals surface area (Å²) in [6.07, 6.45) is 1.51. The second-order valence-electron chi connectivity index (χ2n) is 5.80. The molecular weight excluding hydrogens is 353 g/mol. The zero-order valence-corrected chi connectivity index (χ0v) is 15.1. The second kappa shape index (κ2) is 8.19. The number of ether oxygens (including phenoxy) is 1. The molecule has 1 fully saturated rings. The van der Waals surface area contributed by atoms with Crippen molar-refractivity contribution in [1.82, 2.24) is 4.90 Å². The molecule has 0 unspecified atom stereocenters. The molecule has 0 spiro atoms. The minimum atomic E-state index is -0.330. The molecule has 6 heteroatoms. The van der Waals surface area contributed by atoms with Gasteiger partial charge in [-0.2, -0.15) is 0 Å². The fourth-order valence-corrected chi connectivity index (χ4v) is 3.56. The molecule has 0 N–H and O–H groups in total. The van der Waals surface area contributed by atoms with Crippen molar-refractivity contribution in [3.05, 3.63) is 76.6 Å². The summed E-state index contributed by atoms with van der Waals surface area (Å²) in [6, 6.07) is 13.1. The Kier molecular flexibility index (Phi) is 5.73. The highest BCUT2D eigenvalue weighted by molar-refractivity contribution is 8.04. The molecule has 1 aliphatic rings. The Bertz CT molecular complexity index is 848. The Morgan fingerprint density at radius 3 is 2.69 bits per heavy atom. The van der Waals surface area contributed by atoms with E-state index in [9.17, 15) is 14.0 Å². The van der Waals surface area contributed by atoms with Crippen molar-refractivity contribution in [3.63, 3.8) is 0 Å². The Morgan fingerprint density at radius 2 is 1.96 bits per heavy atom. The molecule has 1 saturated heterocycles. The van der Waals surface area contributed by atoms with Gasteiger partial charge in [0.05, 0.1) is 17.3 Å². The lowest BCUT2D eigenvalue weighted by atomic mass is 10.1. The SMILES string of the molecule is Cc1ccccc1C(=O)/C=C1\SCC(=O)N1CCOc1ccc(F)cc1. The maximum atomic E-state index is 12.9. The van der Waals surface area contributed by atoms with Crippen molar-refractivity contribution in [1.29, 1.82) is 0 Å². The molecule has 26 heavy (non-hydrogen) atoms. The number of thioether (sulfide) groups is 1. The maximum Gasteiger partial charge on any atom is 0.237 e. The number of nitrogens with zero attached hydrogens (tertiary/aromatic N) is 1. The highest BCUT2D eigenvalue weighted by Gasteiger charge is 2.27. The van der Waals surface area contributed by atoms with Crippen LogP contribution >= 0.6 is 11.8 Å². The molecule has 134 valence electrons. The highest BCUT2D eigenvalue weighted by Crippen LogP contribution is 2.29. The van der Waals surface area contributed by atoms with Crippen LogP contribution in [0.4, 0.5) is 4.39 Å². The van der Waals surface area contributed by atoms with E-state index in [1.165, 1.54) is 42.1 Å². The van der Waals surface area contributed by atoms with Crippen LogP contribution in [0.25, 0.3) is 0 Å². The van der Waals surface area contributed by atoms with Crippen LogP contribution in [0, 0.1) is 12.7 Å². The van der Waals surface area contributed by atoms with E-state index in [2.05, 4.69) is 0 Å². The molecule has 0 bridgehead atoms. The van der Waals surface area contributed by atoms with E-state index < -0.39 is 0 Å². The number of hydrogen-bond donors (Lipinski definition) is 0. The van der Waals surface area contributed by atoms with Gasteiger partial charge in [-0.15, -0.1) is 0 Å². The second-order valence-corrected chi connectivity index (χ2v) is 6.79. The monoisotopic (exact) mass is 371 g/mol. The van der Waals surface area contributed by atoms with E-state index in [0.717, 1.165) is 5.56 Å². The molecule has 0 aromatic heterocycles. The largest absolute Gasteiger partial charge is 0.492 e. The summed E-state index contributed by atoms with van der Waals surface area (Å²) in [7, 11) is 0. The van der Waals surface area contributed by atoms with E-state index in [-0.39, 0.29) is 24.1 Å². The third-order valence-corrected chi connectivity index (χ3v) is 5.00. The summed E-state index contributed by atoms with van der Waals surface area (Å²) in [5.74, 6) is 0.339. The van der Waals surface area contributed by atoms with Crippen molar-refractivity contribution >= 4 is 23.5 Å². The number of hydrogen-bond acceptors (Lipinski definition) is 4. The third kappa shape index (κ3) is 4.32. The molecule has 4 nitrogen and oxygen atoms in total. The predicted molar refractivity (Wildman–Crippen MR) is 99.7 cm³/mol. The van der Waals surface area contributed by atoms with Gasteiger partial charge in [-0.1, -0.05) is 36.0 Å². The topological polar surface area (TPSA) is 46.6 Å². The fourth-order valence-electron chi connectivity index (χ4n) is 2.59. The molecule has 0 radical (unpaired) electrons. The average molecular weight is 371 g/mol. The highest BCUT2D eigenvalue weighted by atomic mass is 32.2. The van der Waals surface area contributed by atoms with Gasteiger partial charge in [-0.3, -0.25) is 9.59 Å². The number of ketones is 1. The minimum Gasteiger partial charge on any atom is -0.492 e. The number of aryl methyl sites for hydroxylation is 1. The Hall–Kier alpha value is -2.60. The quantitative estimate of drug-likeness (QED) is 0.572. The molecule has 0 atom stereocenters. The first-order valence-corrected chi connectivity index (χ1v) is 9.16. The number of rotatable bonds is 6. The number of halogens is 1. The number of carbonyl (C=O) groups is 2. The minimum absolute atomic E-state index is 0.0541. The lowest BCUT2D eigenvalue weighted by Gasteiger charge is -2.17. The Labute approximate surface area is 155 Å². The summed E-state index contributed by atoms with van der Waals surface area (Å²) in [5, 5.41) is 0.631. The lowest BCUT2D eigenvalue weighted by Crippen LogP contribution is -2.29. The number of amides is 1. The van der Waals surface area contributed by atoms with E-state index in [1.807, 2.05) is 25.1 Å². The van der Waals surface area contributed by atoms with E-state index >= 15 is 0 Å². The molecule has 0 aliphatic carbocycles. The van der Waals surface area contributed by atoms with Gasteiger partial charge in [0.15, 0.2) is 5.78 Å². The van der Waals surface area contributed by atoms with Crippen LogP contribution in [0.2, 0.25) is 0 Å². The Morgan fingerprint density at radius 1 is 1.23 bits per heavy atom. The molecule has 1 aliphatic heterocycles. The number of benzene rings is 2. The normalized spacial score (nSPS) is 15.5. The predicted octanol–water partition coefficient (Wildman–Crippen LogP) is 3.81. The third-order valence-electron chi connectivity index (χ3n) is 3.97. The van der Waals surface area contributed by atoms with Gasteiger partial charge in [-0.25, -0.2) is 4.39 Å². The average Bonchev–Trinajstić information content (AvgIpc) is 2.97. The summed E-state index contributed by atoms with van der Waals surface area (Å²) in [6.45, 7) is 2.47. The molecule has 2 aromatic rings. The van der Waals surface area contributed by atoms with E-state index in [0.29, 0.717) is 28.6 Å². The van der Waals surface area contributed by atoms with Crippen LogP contribution in [-0.4, -0.2) is 35.5 Å². The van der Waals surface area contributed by atoms with Gasteiger partial charge in [0, 0.05) is 11.6 Å². The van der Waals surface area contributed by atoms with Gasteiger partial charge in [-0.05, 0) is 36.8 Å². The zero-order valence-electron chi connectivity index (χ0n) is 14.3. The van der Waals surface area contributed by atoms with Crippen molar-refractivity contribution < 1.29 is 18.7 Å². The van der Waals surface area contributed by atoms with Crippen LogP contribution in [-0.2, 0) is 4.79 Å². The van der Waals surface area contributed by atoms with Crippen LogP contribution in [0.1, 0.15) is 15.9 Å². The van der Waals surface area contributed by atoms with Gasteiger partial charge < -0.3 is 9.64 Å². The van der Waals surface area contributed by atoms with Gasteiger partial charge in [0.2, 0.25) is 5.91 Å². The summed E-state index contributed by atoms with van der Waals surface area (Å²) in [4.78, 5) is 26.2. The van der Waals surface area contributed by atoms with Crippen molar-refractivity contribution in [3.8, 4) is 5.75 Å². The first-order valence-electron chi connectivity index (χ1n) is 8.18. The fraction of sp³-hybridized carbons (Fsp3) is 0.200. The molecule has 2 aromatic carbocycles. The van der Waals surface area contributed by atoms with Gasteiger partial charge in [0.1, 0.15) is 18.2 Å². The number of carbonyl (C=O) groups excluding carboxylic acids is 2. The van der Waals surface area contributed by atoms with Crippen LogP contribution in [0.3, 0.4) is 0 Å². The van der Waals surface area contributed by atoms with Crippen molar-refractivity contribution in [2.24, 2.45) is 0 Å². The molecule has 0 saturated carbocycles. The zero-order chi connectivity index (χ0) is 18.5. The smallest absolute Gasteiger partial charge is 0.237 e. The summed E-state index contributed by atoms with van der Waals surface area (Å²) < 4.78 is 18.4. The van der Waals surface area contributed by atoms with Crippen LogP contribution < -0.4 is 4.74 Å². The van der Waals surface area contributed by atoms with Crippen LogP contribution in [0.5, 0.6) is 5.75 Å². The molecule has 3 rings (SSSR count). The summed E-state index contributed by atoms with van der Waals surface area (Å²) >= 11 is 1.35. The van der Waals surface area contributed by atoms with E-state index in [1.54, 1.807) is 11.0 Å². The van der Waals surface area contributed by atoms with Crippen LogP contribution in [0.15, 0.2) is 59.6 Å². The van der Waals surface area contributed by atoms with Crippen molar-refractivity contribution in [2.45, 2.75) is 6.92 Å². The molecule has 1 heterocycles. The molecular formula is C20H18FNO3S. The van der Waals surface area contributed by atoms with Crippen molar-refractivity contribution in [2.75, 3.05) is 18.9 Å². The maximum absolute atomic E-state index is 12.9. The Balaban J connectivity index is 1.65. The summed E-state index contributed by atoms with van der Waals surface area (Å²) in [5.41, 5.74) is 1.53. The first-order chi connectivity index (χ1) is 12.5. The van der Waals surface area contributed by atoms with E-state index in [4.69, 9.17) is 4.74 Å². The van der Waals surface area contributed by atoms with Gasteiger partial charge >= 0.3 is 0 Å². The first kappa shape index (κ1) is 18.2. The lowest BCUT2D eigenvalue weighted by molar-refractivity contribution is -0.125. The standard InChI is InChI=1S/C20H18FNO3S/c1-14-4-2-3-5-17(14)18(23)12-20-22(19(24)13-26-20)10-11-25-16-8-6-15(21)7-9-16/h2-9,12H,10-11,13H2,1H3/b20-12-. The van der Waals surface area contributed by atoms with Gasteiger partial charge in [0.25, 0.3) is 0 Å².